The van der Waals surface area contributed by atoms with Crippen LogP contribution in [0.4, 0.5) is 0 Å². The first-order chi connectivity index (χ1) is 10.6. The minimum absolute atomic E-state index is 0.192. The highest BCUT2D eigenvalue weighted by molar-refractivity contribution is 7.99. The van der Waals surface area contributed by atoms with Crippen LogP contribution >= 0.6 is 11.8 Å². The van der Waals surface area contributed by atoms with Gasteiger partial charge < -0.3 is 18.7 Å². The van der Waals surface area contributed by atoms with Crippen LogP contribution in [-0.4, -0.2) is 36.0 Å². The Labute approximate surface area is 133 Å². The molecule has 0 N–H and O–H groups in total. The van der Waals surface area contributed by atoms with Crippen molar-refractivity contribution < 1.29 is 18.7 Å². The van der Waals surface area contributed by atoms with E-state index in [-0.39, 0.29) is 5.78 Å². The van der Waals surface area contributed by atoms with Crippen molar-refractivity contribution >= 4 is 17.5 Å². The van der Waals surface area contributed by atoms with Gasteiger partial charge in [0.15, 0.2) is 11.5 Å². The highest BCUT2D eigenvalue weighted by atomic mass is 32.2. The summed E-state index contributed by atoms with van der Waals surface area (Å²) in [5.41, 5.74) is 0.765. The van der Waals surface area contributed by atoms with E-state index < -0.39 is 0 Å². The summed E-state index contributed by atoms with van der Waals surface area (Å²) >= 11 is 1.45. The van der Waals surface area contributed by atoms with Crippen LogP contribution in [0, 0.1) is 0 Å². The SMILES string of the molecule is COc1ccc(-c2nnc(SCCCC(C)=O)o2)cc1OC. The molecule has 0 aliphatic heterocycles. The summed E-state index contributed by atoms with van der Waals surface area (Å²) in [4.78, 5) is 10.9. The first-order valence-corrected chi connectivity index (χ1v) is 7.80. The monoisotopic (exact) mass is 322 g/mol. The number of ketones is 1. The van der Waals surface area contributed by atoms with E-state index in [0.717, 1.165) is 17.7 Å². The summed E-state index contributed by atoms with van der Waals surface area (Å²) < 4.78 is 16.1. The Kier molecular flexibility index (Phi) is 5.83. The van der Waals surface area contributed by atoms with Gasteiger partial charge in [-0.1, -0.05) is 11.8 Å². The topological polar surface area (TPSA) is 74.5 Å². The second kappa shape index (κ2) is 7.84. The molecule has 0 amide bonds. The average molecular weight is 322 g/mol. The predicted molar refractivity (Wildman–Crippen MR) is 83.5 cm³/mol. The molecule has 0 aliphatic rings. The Morgan fingerprint density at radius 1 is 1.23 bits per heavy atom. The second-order valence-corrected chi connectivity index (χ2v) is 5.64. The first kappa shape index (κ1) is 16.4. The van der Waals surface area contributed by atoms with Crippen molar-refractivity contribution in [1.29, 1.82) is 0 Å². The number of hydrogen-bond acceptors (Lipinski definition) is 7. The van der Waals surface area contributed by atoms with Gasteiger partial charge in [0.2, 0.25) is 5.89 Å². The van der Waals surface area contributed by atoms with Crippen molar-refractivity contribution in [2.24, 2.45) is 0 Å². The van der Waals surface area contributed by atoms with E-state index in [9.17, 15) is 4.79 Å². The molecular formula is C15H18N2O4S. The summed E-state index contributed by atoms with van der Waals surface area (Å²) in [6, 6.07) is 5.41. The van der Waals surface area contributed by atoms with Gasteiger partial charge in [-0.05, 0) is 31.5 Å². The number of aromatic nitrogens is 2. The van der Waals surface area contributed by atoms with Crippen molar-refractivity contribution in [2.75, 3.05) is 20.0 Å². The van der Waals surface area contributed by atoms with Crippen molar-refractivity contribution in [3.05, 3.63) is 18.2 Å². The number of nitrogens with zero attached hydrogens (tertiary/aromatic N) is 2. The number of ether oxygens (including phenoxy) is 2. The zero-order chi connectivity index (χ0) is 15.9. The van der Waals surface area contributed by atoms with Crippen LogP contribution in [0.3, 0.4) is 0 Å². The van der Waals surface area contributed by atoms with Crippen LogP contribution < -0.4 is 9.47 Å². The zero-order valence-electron chi connectivity index (χ0n) is 12.8. The van der Waals surface area contributed by atoms with Crippen LogP contribution in [0.15, 0.2) is 27.8 Å². The fourth-order valence-electron chi connectivity index (χ4n) is 1.83. The maximum Gasteiger partial charge on any atom is 0.276 e. The first-order valence-electron chi connectivity index (χ1n) is 6.82. The highest BCUT2D eigenvalue weighted by Crippen LogP contribution is 2.32. The molecule has 0 unspecified atom stereocenters. The maximum atomic E-state index is 10.9. The van der Waals surface area contributed by atoms with E-state index in [1.807, 2.05) is 6.07 Å². The van der Waals surface area contributed by atoms with Crippen molar-refractivity contribution in [3.63, 3.8) is 0 Å². The zero-order valence-corrected chi connectivity index (χ0v) is 13.6. The minimum Gasteiger partial charge on any atom is -0.493 e. The molecule has 0 saturated carbocycles. The molecule has 1 aromatic heterocycles. The highest BCUT2D eigenvalue weighted by Gasteiger charge is 2.12. The number of carbonyl (C=O) groups excluding carboxylic acids is 1. The maximum absolute atomic E-state index is 10.9. The predicted octanol–water partition coefficient (Wildman–Crippen LogP) is 3.22. The van der Waals surface area contributed by atoms with Crippen molar-refractivity contribution in [3.8, 4) is 23.0 Å². The summed E-state index contributed by atoms with van der Waals surface area (Å²) in [6.07, 6.45) is 1.37. The van der Waals surface area contributed by atoms with E-state index in [1.165, 1.54) is 11.8 Å². The third kappa shape index (κ3) is 4.24. The molecule has 0 spiro atoms. The summed E-state index contributed by atoms with van der Waals surface area (Å²) in [5.74, 6) is 2.64. The summed E-state index contributed by atoms with van der Waals surface area (Å²) in [6.45, 7) is 1.59. The second-order valence-electron chi connectivity index (χ2n) is 4.60. The van der Waals surface area contributed by atoms with Gasteiger partial charge in [0.05, 0.1) is 14.2 Å². The Balaban J connectivity index is 2.03. The molecule has 0 aliphatic carbocycles. The molecule has 0 fully saturated rings. The van der Waals surface area contributed by atoms with Crippen LogP contribution in [0.25, 0.3) is 11.5 Å². The lowest BCUT2D eigenvalue weighted by molar-refractivity contribution is -0.117. The molecule has 1 aromatic carbocycles. The molecule has 7 heteroatoms. The number of methoxy groups -OCH3 is 2. The smallest absolute Gasteiger partial charge is 0.276 e. The Morgan fingerprint density at radius 2 is 2.00 bits per heavy atom. The fraction of sp³-hybridized carbons (Fsp3) is 0.400. The van der Waals surface area contributed by atoms with Crippen LogP contribution in [-0.2, 0) is 4.79 Å². The third-order valence-corrected chi connectivity index (χ3v) is 3.84. The summed E-state index contributed by atoms with van der Waals surface area (Å²) in [7, 11) is 3.16. The fourth-order valence-corrected chi connectivity index (χ4v) is 2.53. The van der Waals surface area contributed by atoms with Gasteiger partial charge in [-0.3, -0.25) is 0 Å². The molecule has 2 rings (SSSR count). The molecule has 6 nitrogen and oxygen atoms in total. The molecule has 0 radical (unpaired) electrons. The number of rotatable bonds is 8. The molecule has 2 aromatic rings. The lowest BCUT2D eigenvalue weighted by atomic mass is 10.2. The normalized spacial score (nSPS) is 10.5. The van der Waals surface area contributed by atoms with E-state index in [0.29, 0.717) is 29.0 Å². The molecule has 0 bridgehead atoms. The number of hydrogen-bond donors (Lipinski definition) is 0. The van der Waals surface area contributed by atoms with Crippen molar-refractivity contribution in [2.45, 2.75) is 25.0 Å². The third-order valence-electron chi connectivity index (χ3n) is 2.94. The van der Waals surface area contributed by atoms with E-state index in [2.05, 4.69) is 10.2 Å². The average Bonchev–Trinajstić information content (AvgIpc) is 2.99. The Morgan fingerprint density at radius 3 is 2.68 bits per heavy atom. The molecule has 22 heavy (non-hydrogen) atoms. The van der Waals surface area contributed by atoms with E-state index in [4.69, 9.17) is 13.9 Å². The largest absolute Gasteiger partial charge is 0.493 e. The molecule has 118 valence electrons. The van der Waals surface area contributed by atoms with Gasteiger partial charge in [-0.15, -0.1) is 10.2 Å². The van der Waals surface area contributed by atoms with Gasteiger partial charge in [0.1, 0.15) is 5.78 Å². The molecular weight excluding hydrogens is 304 g/mol. The number of benzene rings is 1. The van der Waals surface area contributed by atoms with Crippen LogP contribution in [0.1, 0.15) is 19.8 Å². The Hall–Kier alpha value is -2.02. The van der Waals surface area contributed by atoms with Crippen molar-refractivity contribution in [1.82, 2.24) is 10.2 Å². The van der Waals surface area contributed by atoms with Crippen LogP contribution in [0.2, 0.25) is 0 Å². The Bertz CT molecular complexity index is 642. The van der Waals surface area contributed by atoms with Crippen LogP contribution in [0.5, 0.6) is 11.5 Å². The van der Waals surface area contributed by atoms with Gasteiger partial charge in [-0.25, -0.2) is 0 Å². The number of Topliss-reactive ketones (excluding diaryl/α,β-unsaturated/α-hetero) is 1. The quantitative estimate of drug-likeness (QED) is 0.545. The summed E-state index contributed by atoms with van der Waals surface area (Å²) in [5, 5.41) is 8.52. The molecule has 1 heterocycles. The minimum atomic E-state index is 0.192. The number of thioether (sulfide) groups is 1. The van der Waals surface area contributed by atoms with Gasteiger partial charge in [0.25, 0.3) is 5.22 Å². The molecule has 0 atom stereocenters. The lowest BCUT2D eigenvalue weighted by Gasteiger charge is -2.07. The van der Waals surface area contributed by atoms with Gasteiger partial charge >= 0.3 is 0 Å². The molecule has 0 saturated heterocycles. The van der Waals surface area contributed by atoms with Gasteiger partial charge in [0, 0.05) is 17.7 Å². The lowest BCUT2D eigenvalue weighted by Crippen LogP contribution is -1.90. The standard InChI is InChI=1S/C15H18N2O4S/c1-10(18)5-4-8-22-15-17-16-14(21-15)11-6-7-12(19-2)13(9-11)20-3/h6-7,9H,4-5,8H2,1-3H3. The number of carbonyl (C=O) groups is 1. The van der Waals surface area contributed by atoms with Gasteiger partial charge in [-0.2, -0.15) is 0 Å². The van der Waals surface area contributed by atoms with E-state index >= 15 is 0 Å². The van der Waals surface area contributed by atoms with E-state index in [1.54, 1.807) is 33.3 Å².